The molecule has 2 unspecified atom stereocenters. The fourth-order valence-corrected chi connectivity index (χ4v) is 1.62. The van der Waals surface area contributed by atoms with Gasteiger partial charge in [-0.2, -0.15) is 0 Å². The van der Waals surface area contributed by atoms with Crippen molar-refractivity contribution >= 4 is 6.03 Å². The highest BCUT2D eigenvalue weighted by molar-refractivity contribution is 5.73. The third-order valence-electron chi connectivity index (χ3n) is 2.71. The molecule has 0 aromatic carbocycles. The molecule has 82 valence electrons. The summed E-state index contributed by atoms with van der Waals surface area (Å²) in [7, 11) is 3.52. The van der Waals surface area contributed by atoms with Gasteiger partial charge in [0.05, 0.1) is 0 Å². The van der Waals surface area contributed by atoms with E-state index in [2.05, 4.69) is 17.6 Å². The predicted octanol–water partition coefficient (Wildman–Crippen LogP) is 0.646. The Morgan fingerprint density at radius 3 is 2.71 bits per heavy atom. The van der Waals surface area contributed by atoms with Crippen LogP contribution < -0.4 is 10.6 Å². The van der Waals surface area contributed by atoms with E-state index in [9.17, 15) is 4.79 Å². The van der Waals surface area contributed by atoms with Gasteiger partial charge in [0, 0.05) is 26.7 Å². The molecule has 0 saturated carbocycles. The molecule has 1 fully saturated rings. The highest BCUT2D eigenvalue weighted by Gasteiger charge is 2.17. The van der Waals surface area contributed by atoms with E-state index in [1.165, 1.54) is 12.8 Å². The number of rotatable bonds is 2. The lowest BCUT2D eigenvalue weighted by atomic mass is 9.95. The molecule has 0 bridgehead atoms. The summed E-state index contributed by atoms with van der Waals surface area (Å²) in [5.74, 6) is 0.593. The molecule has 2 N–H and O–H groups in total. The number of carbonyl (C=O) groups is 1. The number of hydrogen-bond donors (Lipinski definition) is 2. The molecule has 0 radical (unpaired) electrons. The van der Waals surface area contributed by atoms with Crippen molar-refractivity contribution in [2.75, 3.05) is 27.2 Å². The fourth-order valence-electron chi connectivity index (χ4n) is 1.62. The summed E-state index contributed by atoms with van der Waals surface area (Å²) in [6.45, 7) is 4.01. The van der Waals surface area contributed by atoms with Gasteiger partial charge in [-0.15, -0.1) is 0 Å². The van der Waals surface area contributed by atoms with Gasteiger partial charge in [0.15, 0.2) is 0 Å². The lowest BCUT2D eigenvalue weighted by Gasteiger charge is -2.28. The Kier molecular flexibility index (Phi) is 4.20. The van der Waals surface area contributed by atoms with Gasteiger partial charge < -0.3 is 15.5 Å². The molecule has 4 nitrogen and oxygen atoms in total. The second kappa shape index (κ2) is 5.20. The van der Waals surface area contributed by atoms with Crippen LogP contribution in [-0.4, -0.2) is 44.2 Å². The Balaban J connectivity index is 2.16. The van der Waals surface area contributed by atoms with Gasteiger partial charge in [-0.1, -0.05) is 0 Å². The van der Waals surface area contributed by atoms with E-state index in [1.54, 1.807) is 19.0 Å². The second-order valence-electron chi connectivity index (χ2n) is 4.33. The maximum atomic E-state index is 11.2. The van der Waals surface area contributed by atoms with E-state index < -0.39 is 0 Å². The molecule has 1 saturated heterocycles. The van der Waals surface area contributed by atoms with Gasteiger partial charge in [-0.25, -0.2) is 4.79 Å². The molecule has 1 rings (SSSR count). The Labute approximate surface area is 86.0 Å². The first-order valence-electron chi connectivity index (χ1n) is 5.28. The molecule has 2 amide bonds. The number of carbonyl (C=O) groups excluding carboxylic acids is 1. The van der Waals surface area contributed by atoms with E-state index in [0.717, 1.165) is 13.1 Å². The molecule has 0 aromatic rings. The van der Waals surface area contributed by atoms with E-state index >= 15 is 0 Å². The predicted molar refractivity (Wildman–Crippen MR) is 57.3 cm³/mol. The van der Waals surface area contributed by atoms with E-state index in [4.69, 9.17) is 0 Å². The van der Waals surface area contributed by atoms with Crippen LogP contribution in [0.2, 0.25) is 0 Å². The maximum Gasteiger partial charge on any atom is 0.316 e. The second-order valence-corrected chi connectivity index (χ2v) is 4.33. The van der Waals surface area contributed by atoms with Crippen molar-refractivity contribution in [3.8, 4) is 0 Å². The first kappa shape index (κ1) is 11.3. The van der Waals surface area contributed by atoms with Gasteiger partial charge in [-0.3, -0.25) is 0 Å². The Hall–Kier alpha value is -0.770. The van der Waals surface area contributed by atoms with E-state index in [-0.39, 0.29) is 6.03 Å². The van der Waals surface area contributed by atoms with Crippen molar-refractivity contribution in [1.29, 1.82) is 0 Å². The van der Waals surface area contributed by atoms with Gasteiger partial charge in [-0.05, 0) is 32.2 Å². The monoisotopic (exact) mass is 199 g/mol. The minimum atomic E-state index is 0.00335. The third kappa shape index (κ3) is 3.54. The number of nitrogens with one attached hydrogen (secondary N) is 2. The summed E-state index contributed by atoms with van der Waals surface area (Å²) in [4.78, 5) is 12.8. The van der Waals surface area contributed by atoms with Crippen molar-refractivity contribution in [2.24, 2.45) is 5.92 Å². The topological polar surface area (TPSA) is 44.4 Å². The molecule has 0 aliphatic carbocycles. The van der Waals surface area contributed by atoms with Crippen LogP contribution in [0.3, 0.4) is 0 Å². The Morgan fingerprint density at radius 2 is 2.21 bits per heavy atom. The van der Waals surface area contributed by atoms with E-state index in [0.29, 0.717) is 12.0 Å². The van der Waals surface area contributed by atoms with Crippen LogP contribution in [0.1, 0.15) is 19.8 Å². The zero-order valence-electron chi connectivity index (χ0n) is 9.34. The molecule has 14 heavy (non-hydrogen) atoms. The zero-order chi connectivity index (χ0) is 10.6. The summed E-state index contributed by atoms with van der Waals surface area (Å²) in [5, 5.41) is 6.33. The highest BCUT2D eigenvalue weighted by Crippen LogP contribution is 2.12. The number of nitrogens with zero attached hydrogens (tertiary/aromatic N) is 1. The molecule has 0 aromatic heterocycles. The molecule has 4 heteroatoms. The molecular formula is C10H21N3O. The van der Waals surface area contributed by atoms with Crippen LogP contribution in [0.15, 0.2) is 0 Å². The third-order valence-corrected chi connectivity index (χ3v) is 2.71. The first-order valence-corrected chi connectivity index (χ1v) is 5.28. The Morgan fingerprint density at radius 1 is 1.50 bits per heavy atom. The van der Waals surface area contributed by atoms with Gasteiger partial charge in [0.25, 0.3) is 0 Å². The average Bonchev–Trinajstić information content (AvgIpc) is 2.16. The minimum Gasteiger partial charge on any atom is -0.338 e. The van der Waals surface area contributed by atoms with Crippen molar-refractivity contribution in [3.05, 3.63) is 0 Å². The minimum absolute atomic E-state index is 0.00335. The van der Waals surface area contributed by atoms with Crippen molar-refractivity contribution in [1.82, 2.24) is 15.5 Å². The van der Waals surface area contributed by atoms with Gasteiger partial charge >= 0.3 is 6.03 Å². The van der Waals surface area contributed by atoms with Gasteiger partial charge in [0.1, 0.15) is 0 Å². The smallest absolute Gasteiger partial charge is 0.316 e. The SMILES string of the molecule is CC1CCC(CNC(=O)N(C)C)CN1. The summed E-state index contributed by atoms with van der Waals surface area (Å²) in [6, 6.07) is 0.638. The summed E-state index contributed by atoms with van der Waals surface area (Å²) >= 11 is 0. The van der Waals surface area contributed by atoms with Crippen LogP contribution in [0.25, 0.3) is 0 Å². The van der Waals surface area contributed by atoms with Crippen molar-refractivity contribution < 1.29 is 4.79 Å². The average molecular weight is 199 g/mol. The van der Waals surface area contributed by atoms with Crippen LogP contribution in [0.5, 0.6) is 0 Å². The largest absolute Gasteiger partial charge is 0.338 e. The molecule has 2 atom stereocenters. The summed E-state index contributed by atoms with van der Waals surface area (Å²) in [5.41, 5.74) is 0. The van der Waals surface area contributed by atoms with Crippen LogP contribution in [0.4, 0.5) is 4.79 Å². The van der Waals surface area contributed by atoms with E-state index in [1.807, 2.05) is 0 Å². The summed E-state index contributed by atoms with van der Waals surface area (Å²) < 4.78 is 0. The first-order chi connectivity index (χ1) is 6.59. The zero-order valence-corrected chi connectivity index (χ0v) is 9.34. The maximum absolute atomic E-state index is 11.2. The number of amides is 2. The molecular weight excluding hydrogens is 178 g/mol. The molecule has 0 spiro atoms. The van der Waals surface area contributed by atoms with Crippen molar-refractivity contribution in [3.63, 3.8) is 0 Å². The molecule has 1 aliphatic heterocycles. The summed E-state index contributed by atoms with van der Waals surface area (Å²) in [6.07, 6.45) is 2.42. The van der Waals surface area contributed by atoms with Crippen LogP contribution in [0, 0.1) is 5.92 Å². The van der Waals surface area contributed by atoms with Gasteiger partial charge in [0.2, 0.25) is 0 Å². The van der Waals surface area contributed by atoms with Crippen molar-refractivity contribution in [2.45, 2.75) is 25.8 Å². The quantitative estimate of drug-likeness (QED) is 0.685. The number of piperidine rings is 1. The Bertz CT molecular complexity index is 186. The van der Waals surface area contributed by atoms with Crippen LogP contribution >= 0.6 is 0 Å². The van der Waals surface area contributed by atoms with Crippen LogP contribution in [-0.2, 0) is 0 Å². The number of hydrogen-bond acceptors (Lipinski definition) is 2. The standard InChI is InChI=1S/C10H21N3O/c1-8-4-5-9(6-11-8)7-12-10(14)13(2)3/h8-9,11H,4-7H2,1-3H3,(H,12,14). The lowest BCUT2D eigenvalue weighted by molar-refractivity contribution is 0.212. The lowest BCUT2D eigenvalue weighted by Crippen LogP contribution is -2.44. The molecule has 1 heterocycles. The highest BCUT2D eigenvalue weighted by atomic mass is 16.2. The fraction of sp³-hybridized carbons (Fsp3) is 0.900. The number of urea groups is 1. The normalized spacial score (nSPS) is 27.1. The molecule has 1 aliphatic rings.